The average Bonchev–Trinajstić information content (AvgIpc) is 1.94. The van der Waals surface area contributed by atoms with Crippen molar-refractivity contribution in [1.82, 2.24) is 0 Å². The normalized spacial score (nSPS) is 11.8. The highest BCUT2D eigenvalue weighted by Crippen LogP contribution is 2.24. The van der Waals surface area contributed by atoms with Crippen molar-refractivity contribution in [2.24, 2.45) is 5.73 Å². The van der Waals surface area contributed by atoms with Gasteiger partial charge in [0.05, 0.1) is 0 Å². The van der Waals surface area contributed by atoms with Gasteiger partial charge in [-0.1, -0.05) is 17.7 Å². The first-order valence-corrected chi connectivity index (χ1v) is 4.38. The van der Waals surface area contributed by atoms with Gasteiger partial charge in [-0.2, -0.15) is 0 Å². The quantitative estimate of drug-likeness (QED) is 0.708. The molecule has 0 radical (unpaired) electrons. The number of aryl methyl sites for hydroxylation is 2. The van der Waals surface area contributed by atoms with Crippen LogP contribution in [0.25, 0.3) is 0 Å². The highest BCUT2D eigenvalue weighted by atomic mass is 19.1. The van der Waals surface area contributed by atoms with Gasteiger partial charge in [0.1, 0.15) is 5.82 Å². The number of rotatable bonds is 1. The molecule has 0 saturated heterocycles. The molecule has 1 aromatic carbocycles. The minimum atomic E-state index is -0.610. The Hall–Kier alpha value is -0.890. The van der Waals surface area contributed by atoms with Crippen molar-refractivity contribution in [2.75, 3.05) is 0 Å². The van der Waals surface area contributed by atoms with E-state index in [9.17, 15) is 4.39 Å². The predicted molar refractivity (Wildman–Crippen MR) is 53.1 cm³/mol. The Bertz CT molecular complexity index is 324. The monoisotopic (exact) mass is 181 g/mol. The van der Waals surface area contributed by atoms with Crippen molar-refractivity contribution in [3.8, 4) is 0 Å². The second-order valence-electron chi connectivity index (χ2n) is 4.17. The van der Waals surface area contributed by atoms with Gasteiger partial charge in [0.15, 0.2) is 0 Å². The Labute approximate surface area is 78.8 Å². The largest absolute Gasteiger partial charge is 0.322 e. The van der Waals surface area contributed by atoms with Crippen molar-refractivity contribution in [2.45, 2.75) is 33.2 Å². The van der Waals surface area contributed by atoms with E-state index in [1.54, 1.807) is 6.92 Å². The summed E-state index contributed by atoms with van der Waals surface area (Å²) in [5.74, 6) is -0.182. The summed E-state index contributed by atoms with van der Waals surface area (Å²) in [6.45, 7) is 7.33. The highest BCUT2D eigenvalue weighted by molar-refractivity contribution is 5.34. The number of nitrogens with two attached hydrogens (primary N) is 1. The summed E-state index contributed by atoms with van der Waals surface area (Å²) in [5, 5.41) is 0. The molecule has 0 aliphatic heterocycles. The van der Waals surface area contributed by atoms with Gasteiger partial charge in [-0.3, -0.25) is 0 Å². The van der Waals surface area contributed by atoms with Crippen molar-refractivity contribution in [3.63, 3.8) is 0 Å². The molecule has 0 bridgehead atoms. The lowest BCUT2D eigenvalue weighted by atomic mass is 9.92. The third-order valence-corrected chi connectivity index (χ3v) is 2.09. The molecule has 2 N–H and O–H groups in total. The third kappa shape index (κ3) is 2.07. The van der Waals surface area contributed by atoms with Crippen LogP contribution in [0.15, 0.2) is 12.1 Å². The SMILES string of the molecule is Cc1cc(C)c(F)c(C(C)(C)N)c1. The fourth-order valence-corrected chi connectivity index (χ4v) is 1.42. The molecule has 0 spiro atoms. The van der Waals surface area contributed by atoms with Gasteiger partial charge in [-0.05, 0) is 33.3 Å². The first kappa shape index (κ1) is 10.2. The van der Waals surface area contributed by atoms with Crippen LogP contribution in [-0.2, 0) is 5.54 Å². The van der Waals surface area contributed by atoms with Crippen molar-refractivity contribution in [1.29, 1.82) is 0 Å². The molecule has 1 nitrogen and oxygen atoms in total. The number of hydrogen-bond donors (Lipinski definition) is 1. The zero-order valence-electron chi connectivity index (χ0n) is 8.61. The Morgan fingerprint density at radius 1 is 1.23 bits per heavy atom. The molecule has 0 atom stereocenters. The summed E-state index contributed by atoms with van der Waals surface area (Å²) in [7, 11) is 0. The summed E-state index contributed by atoms with van der Waals surface area (Å²) in [4.78, 5) is 0. The maximum absolute atomic E-state index is 13.6. The summed E-state index contributed by atoms with van der Waals surface area (Å²) in [5.41, 5.74) is 7.54. The maximum Gasteiger partial charge on any atom is 0.131 e. The molecule has 0 amide bonds. The van der Waals surface area contributed by atoms with E-state index < -0.39 is 5.54 Å². The second-order valence-corrected chi connectivity index (χ2v) is 4.17. The third-order valence-electron chi connectivity index (χ3n) is 2.09. The van der Waals surface area contributed by atoms with E-state index in [4.69, 9.17) is 5.73 Å². The van der Waals surface area contributed by atoms with Crippen molar-refractivity contribution in [3.05, 3.63) is 34.6 Å². The molecular formula is C11H16FN. The molecule has 0 heterocycles. The molecule has 0 fully saturated rings. The molecule has 0 aliphatic carbocycles. The molecule has 13 heavy (non-hydrogen) atoms. The number of hydrogen-bond acceptors (Lipinski definition) is 1. The lowest BCUT2D eigenvalue weighted by molar-refractivity contribution is 0.497. The Morgan fingerprint density at radius 2 is 1.77 bits per heavy atom. The second kappa shape index (κ2) is 3.11. The lowest BCUT2D eigenvalue weighted by Crippen LogP contribution is -2.30. The molecule has 0 aromatic heterocycles. The van der Waals surface area contributed by atoms with E-state index in [0.717, 1.165) is 5.56 Å². The van der Waals surface area contributed by atoms with Gasteiger partial charge in [-0.25, -0.2) is 4.39 Å². The fraction of sp³-hybridized carbons (Fsp3) is 0.455. The van der Waals surface area contributed by atoms with Crippen LogP contribution < -0.4 is 5.73 Å². The van der Waals surface area contributed by atoms with E-state index in [2.05, 4.69) is 0 Å². The Kier molecular flexibility index (Phi) is 2.44. The van der Waals surface area contributed by atoms with Crippen LogP contribution in [0.5, 0.6) is 0 Å². The summed E-state index contributed by atoms with van der Waals surface area (Å²) < 4.78 is 13.6. The summed E-state index contributed by atoms with van der Waals surface area (Å²) in [6.07, 6.45) is 0. The van der Waals surface area contributed by atoms with E-state index in [1.807, 2.05) is 32.9 Å². The van der Waals surface area contributed by atoms with Crippen molar-refractivity contribution < 1.29 is 4.39 Å². The van der Waals surface area contributed by atoms with Gasteiger partial charge in [0.2, 0.25) is 0 Å². The molecule has 0 aliphatic rings. The summed E-state index contributed by atoms with van der Waals surface area (Å²) >= 11 is 0. The smallest absolute Gasteiger partial charge is 0.131 e. The lowest BCUT2D eigenvalue weighted by Gasteiger charge is -2.21. The van der Waals surface area contributed by atoms with Crippen molar-refractivity contribution >= 4 is 0 Å². The van der Waals surface area contributed by atoms with Crippen LogP contribution >= 0.6 is 0 Å². The van der Waals surface area contributed by atoms with Crippen LogP contribution in [0, 0.1) is 19.7 Å². The minimum Gasteiger partial charge on any atom is -0.322 e. The van der Waals surface area contributed by atoms with Crippen LogP contribution in [-0.4, -0.2) is 0 Å². The Balaban J connectivity index is 3.37. The number of halogens is 1. The van der Waals surface area contributed by atoms with E-state index in [-0.39, 0.29) is 5.82 Å². The Morgan fingerprint density at radius 3 is 2.23 bits per heavy atom. The van der Waals surface area contributed by atoms with Gasteiger partial charge >= 0.3 is 0 Å². The molecule has 1 rings (SSSR count). The van der Waals surface area contributed by atoms with E-state index in [1.165, 1.54) is 0 Å². The van der Waals surface area contributed by atoms with Gasteiger partial charge in [0.25, 0.3) is 0 Å². The van der Waals surface area contributed by atoms with Crippen LogP contribution in [0.1, 0.15) is 30.5 Å². The maximum atomic E-state index is 13.6. The first-order valence-electron chi connectivity index (χ1n) is 4.38. The summed E-state index contributed by atoms with van der Waals surface area (Å²) in [6, 6.07) is 3.63. The zero-order valence-corrected chi connectivity index (χ0v) is 8.61. The van der Waals surface area contributed by atoms with E-state index >= 15 is 0 Å². The minimum absolute atomic E-state index is 0.182. The molecular weight excluding hydrogens is 165 g/mol. The van der Waals surface area contributed by atoms with Crippen LogP contribution in [0.2, 0.25) is 0 Å². The van der Waals surface area contributed by atoms with Gasteiger partial charge in [-0.15, -0.1) is 0 Å². The molecule has 72 valence electrons. The fourth-order valence-electron chi connectivity index (χ4n) is 1.42. The first-order chi connectivity index (χ1) is 5.82. The number of benzene rings is 1. The highest BCUT2D eigenvalue weighted by Gasteiger charge is 2.20. The predicted octanol–water partition coefficient (Wildman–Crippen LogP) is 2.64. The van der Waals surface area contributed by atoms with E-state index in [0.29, 0.717) is 11.1 Å². The molecule has 0 unspecified atom stereocenters. The van der Waals surface area contributed by atoms with Gasteiger partial charge in [0, 0.05) is 11.1 Å². The molecule has 2 heteroatoms. The molecule has 1 aromatic rings. The average molecular weight is 181 g/mol. The van der Waals surface area contributed by atoms with Crippen LogP contribution in [0.3, 0.4) is 0 Å². The molecule has 0 saturated carbocycles. The van der Waals surface area contributed by atoms with Crippen LogP contribution in [0.4, 0.5) is 4.39 Å². The standard InChI is InChI=1S/C11H16FN/c1-7-5-8(2)10(12)9(6-7)11(3,4)13/h5-6H,13H2,1-4H3. The van der Waals surface area contributed by atoms with Gasteiger partial charge < -0.3 is 5.73 Å². The topological polar surface area (TPSA) is 26.0 Å². The zero-order chi connectivity index (χ0) is 10.2.